The summed E-state index contributed by atoms with van der Waals surface area (Å²) in [4.78, 5) is 19.2. The van der Waals surface area contributed by atoms with E-state index in [4.69, 9.17) is 4.74 Å². The fourth-order valence-electron chi connectivity index (χ4n) is 1.01. The maximum atomic E-state index is 11.4. The first-order valence-corrected chi connectivity index (χ1v) is 5.28. The zero-order chi connectivity index (χ0) is 13.1. The molecule has 0 spiro atoms. The molecule has 1 heterocycles. The lowest BCUT2D eigenvalue weighted by Crippen LogP contribution is -2.27. The van der Waals surface area contributed by atoms with Gasteiger partial charge >= 0.3 is 6.09 Å². The quantitative estimate of drug-likeness (QED) is 0.823. The summed E-state index contributed by atoms with van der Waals surface area (Å²) >= 11 is 0. The molecule has 0 fully saturated rings. The Balaban J connectivity index is 2.61. The smallest absolute Gasteiger partial charge is 0.414 e. The molecule has 0 bridgehead atoms. The van der Waals surface area contributed by atoms with Crippen LogP contribution in [0, 0.1) is 0 Å². The predicted molar refractivity (Wildman–Crippen MR) is 62.5 cm³/mol. The molecule has 6 heteroatoms. The highest BCUT2D eigenvalue weighted by molar-refractivity contribution is 5.82. The number of anilines is 1. The number of nitrogens with zero attached hydrogens (tertiary/aromatic N) is 2. The van der Waals surface area contributed by atoms with Gasteiger partial charge in [-0.05, 0) is 27.7 Å². The van der Waals surface area contributed by atoms with Gasteiger partial charge in [0.15, 0.2) is 0 Å². The van der Waals surface area contributed by atoms with Crippen LogP contribution in [0.1, 0.15) is 39.4 Å². The molecular formula is C11H17N3O3. The van der Waals surface area contributed by atoms with Gasteiger partial charge in [-0.15, -0.1) is 0 Å². The summed E-state index contributed by atoms with van der Waals surface area (Å²) in [5.74, 6) is 0.142. The van der Waals surface area contributed by atoms with Gasteiger partial charge in [0.25, 0.3) is 0 Å². The summed E-state index contributed by atoms with van der Waals surface area (Å²) in [7, 11) is 0. The average Bonchev–Trinajstić information content (AvgIpc) is 2.15. The van der Waals surface area contributed by atoms with Gasteiger partial charge in [-0.25, -0.2) is 14.8 Å². The van der Waals surface area contributed by atoms with Crippen LogP contribution in [0.25, 0.3) is 0 Å². The number of rotatable bonds is 2. The Morgan fingerprint density at radius 1 is 1.41 bits per heavy atom. The molecule has 0 radical (unpaired) electrons. The second-order valence-electron chi connectivity index (χ2n) is 4.64. The molecule has 0 aliphatic heterocycles. The van der Waals surface area contributed by atoms with E-state index in [0.29, 0.717) is 5.56 Å². The Labute approximate surface area is 100 Å². The van der Waals surface area contributed by atoms with Gasteiger partial charge in [-0.1, -0.05) is 0 Å². The molecule has 0 aliphatic carbocycles. The Morgan fingerprint density at radius 3 is 2.35 bits per heavy atom. The summed E-state index contributed by atoms with van der Waals surface area (Å²) in [6.07, 6.45) is 1.65. The van der Waals surface area contributed by atoms with Gasteiger partial charge in [-0.3, -0.25) is 5.32 Å². The molecule has 0 aliphatic rings. The SMILES string of the molecule is C[C@H](O)c1cnc(NC(=O)OC(C)(C)C)nc1. The number of aromatic nitrogens is 2. The van der Waals surface area contributed by atoms with Crippen LogP contribution in [0.2, 0.25) is 0 Å². The molecule has 6 nitrogen and oxygen atoms in total. The molecule has 0 unspecified atom stereocenters. The average molecular weight is 239 g/mol. The van der Waals surface area contributed by atoms with Crippen molar-refractivity contribution < 1.29 is 14.6 Å². The zero-order valence-corrected chi connectivity index (χ0v) is 10.4. The highest BCUT2D eigenvalue weighted by atomic mass is 16.6. The van der Waals surface area contributed by atoms with E-state index < -0.39 is 17.8 Å². The number of hydrogen-bond acceptors (Lipinski definition) is 5. The number of hydrogen-bond donors (Lipinski definition) is 2. The standard InChI is InChI=1S/C11H17N3O3/c1-7(15)8-5-12-9(13-6-8)14-10(16)17-11(2,3)4/h5-7,15H,1-4H3,(H,12,13,14,16)/t7-/m0/s1. The van der Waals surface area contributed by atoms with Gasteiger partial charge in [-0.2, -0.15) is 0 Å². The van der Waals surface area contributed by atoms with Crippen molar-refractivity contribution in [2.45, 2.75) is 39.4 Å². The number of ether oxygens (including phenoxy) is 1. The first-order chi connectivity index (χ1) is 7.78. The molecule has 1 amide bonds. The molecule has 1 aromatic heterocycles. The highest BCUT2D eigenvalue weighted by Gasteiger charge is 2.16. The van der Waals surface area contributed by atoms with Crippen molar-refractivity contribution >= 4 is 12.0 Å². The van der Waals surface area contributed by atoms with Crippen LogP contribution in [0.4, 0.5) is 10.7 Å². The van der Waals surface area contributed by atoms with E-state index in [2.05, 4.69) is 15.3 Å². The Bertz CT molecular complexity index is 382. The normalized spacial score (nSPS) is 13.0. The summed E-state index contributed by atoms with van der Waals surface area (Å²) in [5, 5.41) is 11.7. The third-order valence-corrected chi connectivity index (χ3v) is 1.77. The largest absolute Gasteiger partial charge is 0.444 e. The second kappa shape index (κ2) is 5.09. The fraction of sp³-hybridized carbons (Fsp3) is 0.545. The van der Waals surface area contributed by atoms with E-state index in [0.717, 1.165) is 0 Å². The molecule has 17 heavy (non-hydrogen) atoms. The first-order valence-electron chi connectivity index (χ1n) is 5.28. The molecule has 1 atom stereocenters. The maximum absolute atomic E-state index is 11.4. The topological polar surface area (TPSA) is 84.3 Å². The van der Waals surface area contributed by atoms with E-state index in [1.807, 2.05) is 0 Å². The predicted octanol–water partition coefficient (Wildman–Crippen LogP) is 1.88. The molecule has 1 rings (SSSR count). The summed E-state index contributed by atoms with van der Waals surface area (Å²) in [6.45, 7) is 6.91. The van der Waals surface area contributed by atoms with Crippen molar-refractivity contribution in [2.75, 3.05) is 5.32 Å². The van der Waals surface area contributed by atoms with E-state index in [9.17, 15) is 9.90 Å². The lowest BCUT2D eigenvalue weighted by molar-refractivity contribution is 0.0634. The van der Waals surface area contributed by atoms with Crippen molar-refractivity contribution in [2.24, 2.45) is 0 Å². The first kappa shape index (κ1) is 13.4. The van der Waals surface area contributed by atoms with Crippen molar-refractivity contribution in [3.05, 3.63) is 18.0 Å². The highest BCUT2D eigenvalue weighted by Crippen LogP contribution is 2.11. The molecule has 2 N–H and O–H groups in total. The van der Waals surface area contributed by atoms with Crippen LogP contribution in [0.3, 0.4) is 0 Å². The Kier molecular flexibility index (Phi) is 4.01. The zero-order valence-electron chi connectivity index (χ0n) is 10.4. The molecular weight excluding hydrogens is 222 g/mol. The second-order valence-corrected chi connectivity index (χ2v) is 4.64. The Hall–Kier alpha value is -1.69. The molecule has 1 aromatic rings. The molecule has 94 valence electrons. The minimum Gasteiger partial charge on any atom is -0.444 e. The van der Waals surface area contributed by atoms with Gasteiger partial charge in [0.05, 0.1) is 6.10 Å². The molecule has 0 aromatic carbocycles. The number of carbonyl (C=O) groups excluding carboxylic acids is 1. The van der Waals surface area contributed by atoms with E-state index in [-0.39, 0.29) is 5.95 Å². The third kappa shape index (κ3) is 4.78. The molecule has 0 saturated heterocycles. The number of nitrogens with one attached hydrogen (secondary N) is 1. The van der Waals surface area contributed by atoms with Crippen molar-refractivity contribution in [1.29, 1.82) is 0 Å². The minimum absolute atomic E-state index is 0.142. The van der Waals surface area contributed by atoms with Crippen molar-refractivity contribution in [3.8, 4) is 0 Å². The monoisotopic (exact) mass is 239 g/mol. The van der Waals surface area contributed by atoms with Crippen LogP contribution in [0.15, 0.2) is 12.4 Å². The van der Waals surface area contributed by atoms with Crippen LogP contribution in [-0.2, 0) is 4.74 Å². The maximum Gasteiger partial charge on any atom is 0.414 e. The minimum atomic E-state index is -0.634. The van der Waals surface area contributed by atoms with Crippen molar-refractivity contribution in [1.82, 2.24) is 9.97 Å². The number of aliphatic hydroxyl groups is 1. The van der Waals surface area contributed by atoms with Crippen LogP contribution in [-0.4, -0.2) is 26.8 Å². The lowest BCUT2D eigenvalue weighted by atomic mass is 10.2. The third-order valence-electron chi connectivity index (χ3n) is 1.77. The number of amides is 1. The number of carbonyl (C=O) groups is 1. The van der Waals surface area contributed by atoms with E-state index >= 15 is 0 Å². The summed E-state index contributed by atoms with van der Waals surface area (Å²) in [6, 6.07) is 0. The lowest BCUT2D eigenvalue weighted by Gasteiger charge is -2.19. The van der Waals surface area contributed by atoms with E-state index in [1.54, 1.807) is 27.7 Å². The van der Waals surface area contributed by atoms with Crippen molar-refractivity contribution in [3.63, 3.8) is 0 Å². The van der Waals surface area contributed by atoms with Gasteiger partial charge in [0.1, 0.15) is 5.60 Å². The molecule has 0 saturated carbocycles. The van der Waals surface area contributed by atoms with Gasteiger partial charge in [0.2, 0.25) is 5.95 Å². The summed E-state index contributed by atoms with van der Waals surface area (Å²) in [5.41, 5.74) is 0.0173. The van der Waals surface area contributed by atoms with Gasteiger partial charge in [0, 0.05) is 18.0 Å². The van der Waals surface area contributed by atoms with Crippen LogP contribution < -0.4 is 5.32 Å². The Morgan fingerprint density at radius 2 is 1.94 bits per heavy atom. The van der Waals surface area contributed by atoms with E-state index in [1.165, 1.54) is 12.4 Å². The van der Waals surface area contributed by atoms with Gasteiger partial charge < -0.3 is 9.84 Å². The fourth-order valence-corrected chi connectivity index (χ4v) is 1.01. The number of aliphatic hydroxyl groups excluding tert-OH is 1. The van der Waals surface area contributed by atoms with Crippen LogP contribution >= 0.6 is 0 Å². The van der Waals surface area contributed by atoms with Crippen LogP contribution in [0.5, 0.6) is 0 Å². The summed E-state index contributed by atoms with van der Waals surface area (Å²) < 4.78 is 5.04.